The summed E-state index contributed by atoms with van der Waals surface area (Å²) in [6.45, 7) is 4.28. The maximum absolute atomic E-state index is 12.2. The molecule has 3 heterocycles. The number of nitrogens with zero attached hydrogens (tertiary/aromatic N) is 4. The Morgan fingerprint density at radius 3 is 2.89 bits per heavy atom. The minimum atomic E-state index is -3.22. The van der Waals surface area contributed by atoms with Gasteiger partial charge in [-0.3, -0.25) is 8.99 Å². The molecule has 0 bridgehead atoms. The average molecular weight is 437 g/mol. The highest BCUT2D eigenvalue weighted by Crippen LogP contribution is 2.34. The second kappa shape index (κ2) is 7.50. The monoisotopic (exact) mass is 436 g/mol. The molecular weight excluding hydrogens is 416 g/mol. The molecular formula is C19H21ClN4O2S2. The molecule has 6 nitrogen and oxygen atoms in total. The maximum Gasteiger partial charge on any atom is 0.234 e. The van der Waals surface area contributed by atoms with E-state index in [1.54, 1.807) is 24.5 Å². The fourth-order valence-electron chi connectivity index (χ4n) is 3.41. The number of rotatable bonds is 6. The number of thiazole rings is 1. The molecule has 2 aromatic heterocycles. The third-order valence-corrected chi connectivity index (χ3v) is 7.82. The van der Waals surface area contributed by atoms with Crippen molar-refractivity contribution in [1.29, 1.82) is 0 Å². The summed E-state index contributed by atoms with van der Waals surface area (Å²) >= 11 is 7.57. The highest BCUT2D eigenvalue weighted by Gasteiger charge is 2.28. The first-order chi connectivity index (χ1) is 13.4. The maximum atomic E-state index is 12.2. The number of fused-ring (bicyclic) bond motifs is 1. The highest BCUT2D eigenvalue weighted by atomic mass is 35.5. The van der Waals surface area contributed by atoms with Gasteiger partial charge in [-0.25, -0.2) is 13.4 Å². The second-order valence-electron chi connectivity index (χ2n) is 6.88. The van der Waals surface area contributed by atoms with Crippen LogP contribution in [0.5, 0.6) is 0 Å². The normalized spacial score (nSPS) is 15.0. The molecule has 28 heavy (non-hydrogen) atoms. The zero-order valence-electron chi connectivity index (χ0n) is 15.7. The van der Waals surface area contributed by atoms with Gasteiger partial charge in [-0.1, -0.05) is 17.7 Å². The Labute approximate surface area is 173 Å². The van der Waals surface area contributed by atoms with Crippen molar-refractivity contribution in [2.75, 3.05) is 16.6 Å². The van der Waals surface area contributed by atoms with Gasteiger partial charge in [0.15, 0.2) is 0 Å². The molecule has 0 saturated heterocycles. The summed E-state index contributed by atoms with van der Waals surface area (Å²) in [6.07, 6.45) is 4.96. The Balaban J connectivity index is 1.53. The molecule has 9 heteroatoms. The van der Waals surface area contributed by atoms with Gasteiger partial charge in [0.25, 0.3) is 0 Å². The third kappa shape index (κ3) is 3.68. The van der Waals surface area contributed by atoms with E-state index in [0.29, 0.717) is 11.6 Å². The van der Waals surface area contributed by atoms with Gasteiger partial charge in [0.1, 0.15) is 0 Å². The smallest absolute Gasteiger partial charge is 0.234 e. The number of hydrogen-bond acceptors (Lipinski definition) is 5. The SMILES string of the molecule is CCS(=O)(=O)N1CCc2cc(-c3csc(CC(C)n4cc(Cl)cn4)n3)ccc21. The Morgan fingerprint density at radius 2 is 2.18 bits per heavy atom. The van der Waals surface area contributed by atoms with Gasteiger partial charge in [0.2, 0.25) is 10.0 Å². The van der Waals surface area contributed by atoms with Crippen molar-refractivity contribution in [1.82, 2.24) is 14.8 Å². The standard InChI is InChI=1S/C19H21ClN4O2S2/c1-3-28(25,26)24-7-6-15-9-14(4-5-18(15)24)17-12-27-19(22-17)8-13(2)23-11-16(20)10-21-23/h4-5,9-13H,3,6-8H2,1-2H3. The van der Waals surface area contributed by atoms with E-state index in [-0.39, 0.29) is 11.8 Å². The molecule has 4 rings (SSSR count). The van der Waals surface area contributed by atoms with Crippen LogP contribution >= 0.6 is 22.9 Å². The Hall–Kier alpha value is -1.90. The molecule has 1 unspecified atom stereocenters. The summed E-state index contributed by atoms with van der Waals surface area (Å²) in [5, 5.41) is 7.97. The van der Waals surface area contributed by atoms with E-state index in [4.69, 9.17) is 16.6 Å². The van der Waals surface area contributed by atoms with Crippen LogP contribution in [0, 0.1) is 0 Å². The summed E-state index contributed by atoms with van der Waals surface area (Å²) in [6, 6.07) is 6.09. The van der Waals surface area contributed by atoms with Gasteiger partial charge in [-0.2, -0.15) is 5.10 Å². The second-order valence-corrected chi connectivity index (χ2v) is 10.4. The lowest BCUT2D eigenvalue weighted by molar-refractivity contribution is 0.488. The lowest BCUT2D eigenvalue weighted by Crippen LogP contribution is -2.30. The first kappa shape index (κ1) is 19.4. The van der Waals surface area contributed by atoms with Crippen molar-refractivity contribution in [2.45, 2.75) is 32.7 Å². The third-order valence-electron chi connectivity index (χ3n) is 4.97. The van der Waals surface area contributed by atoms with Crippen molar-refractivity contribution in [3.63, 3.8) is 0 Å². The van der Waals surface area contributed by atoms with Crippen molar-refractivity contribution in [2.24, 2.45) is 0 Å². The number of hydrogen-bond donors (Lipinski definition) is 0. The number of anilines is 1. The molecule has 3 aromatic rings. The average Bonchev–Trinajstić information content (AvgIpc) is 3.40. The zero-order chi connectivity index (χ0) is 19.9. The van der Waals surface area contributed by atoms with E-state index in [1.807, 2.05) is 23.0 Å². The first-order valence-electron chi connectivity index (χ1n) is 9.15. The van der Waals surface area contributed by atoms with Crippen molar-refractivity contribution < 1.29 is 8.42 Å². The van der Waals surface area contributed by atoms with Crippen LogP contribution in [0.15, 0.2) is 36.0 Å². The molecule has 0 N–H and O–H groups in total. The summed E-state index contributed by atoms with van der Waals surface area (Å²) in [7, 11) is -3.22. The van der Waals surface area contributed by atoms with Crippen LogP contribution in [-0.4, -0.2) is 35.5 Å². The van der Waals surface area contributed by atoms with E-state index in [9.17, 15) is 8.42 Å². The van der Waals surface area contributed by atoms with Gasteiger partial charge in [0, 0.05) is 30.1 Å². The summed E-state index contributed by atoms with van der Waals surface area (Å²) in [5.74, 6) is 0.114. The Bertz CT molecular complexity index is 1110. The van der Waals surface area contributed by atoms with Gasteiger partial charge in [0.05, 0.1) is 39.4 Å². The van der Waals surface area contributed by atoms with E-state index < -0.39 is 10.0 Å². The van der Waals surface area contributed by atoms with Crippen LogP contribution in [0.3, 0.4) is 0 Å². The lowest BCUT2D eigenvalue weighted by atomic mass is 10.1. The molecule has 0 radical (unpaired) electrons. The fraction of sp³-hybridized carbons (Fsp3) is 0.368. The zero-order valence-corrected chi connectivity index (χ0v) is 18.1. The Kier molecular flexibility index (Phi) is 5.20. The molecule has 0 amide bonds. The summed E-state index contributed by atoms with van der Waals surface area (Å²) < 4.78 is 27.9. The van der Waals surface area contributed by atoms with E-state index >= 15 is 0 Å². The van der Waals surface area contributed by atoms with E-state index in [1.165, 1.54) is 4.31 Å². The van der Waals surface area contributed by atoms with E-state index in [2.05, 4.69) is 23.5 Å². The molecule has 1 aliphatic rings. The van der Waals surface area contributed by atoms with Crippen LogP contribution in [-0.2, 0) is 22.9 Å². The van der Waals surface area contributed by atoms with Gasteiger partial charge in [-0.05, 0) is 38.0 Å². The molecule has 0 fully saturated rings. The first-order valence-corrected chi connectivity index (χ1v) is 12.0. The number of halogens is 1. The minimum Gasteiger partial charge on any atom is -0.270 e. The van der Waals surface area contributed by atoms with Gasteiger partial charge in [-0.15, -0.1) is 11.3 Å². The largest absolute Gasteiger partial charge is 0.270 e. The summed E-state index contributed by atoms with van der Waals surface area (Å²) in [5.41, 5.74) is 3.80. The van der Waals surface area contributed by atoms with Crippen LogP contribution in [0.4, 0.5) is 5.69 Å². The summed E-state index contributed by atoms with van der Waals surface area (Å²) in [4.78, 5) is 4.77. The molecule has 1 aromatic carbocycles. The predicted octanol–water partition coefficient (Wildman–Crippen LogP) is 4.18. The molecule has 0 spiro atoms. The predicted molar refractivity (Wildman–Crippen MR) is 114 cm³/mol. The van der Waals surface area contributed by atoms with Crippen LogP contribution < -0.4 is 4.31 Å². The van der Waals surface area contributed by atoms with Gasteiger partial charge >= 0.3 is 0 Å². The number of sulfonamides is 1. The molecule has 1 atom stereocenters. The molecule has 0 saturated carbocycles. The fourth-order valence-corrected chi connectivity index (χ4v) is 5.64. The van der Waals surface area contributed by atoms with Crippen molar-refractivity contribution >= 4 is 38.6 Å². The van der Waals surface area contributed by atoms with Crippen molar-refractivity contribution in [3.8, 4) is 11.3 Å². The number of benzene rings is 1. The number of aromatic nitrogens is 3. The topological polar surface area (TPSA) is 68.1 Å². The highest BCUT2D eigenvalue weighted by molar-refractivity contribution is 7.92. The van der Waals surface area contributed by atoms with Crippen LogP contribution in [0.25, 0.3) is 11.3 Å². The van der Waals surface area contributed by atoms with E-state index in [0.717, 1.165) is 40.4 Å². The Morgan fingerprint density at radius 1 is 1.36 bits per heavy atom. The van der Waals surface area contributed by atoms with Crippen molar-refractivity contribution in [3.05, 3.63) is 51.6 Å². The molecule has 1 aliphatic heterocycles. The molecule has 0 aliphatic carbocycles. The van der Waals surface area contributed by atoms with Crippen LogP contribution in [0.2, 0.25) is 5.02 Å². The minimum absolute atomic E-state index is 0.114. The lowest BCUT2D eigenvalue weighted by Gasteiger charge is -2.18. The molecule has 148 valence electrons. The quantitative estimate of drug-likeness (QED) is 0.581. The van der Waals surface area contributed by atoms with Crippen LogP contribution in [0.1, 0.15) is 30.5 Å². The van der Waals surface area contributed by atoms with Gasteiger partial charge < -0.3 is 0 Å².